The Balaban J connectivity index is 3.94. The van der Waals surface area contributed by atoms with E-state index in [1.54, 1.807) is 0 Å². The highest BCUT2D eigenvalue weighted by atomic mass is 16.5. The topological polar surface area (TPSA) is 72.8 Å². The molecule has 0 amide bonds. The summed E-state index contributed by atoms with van der Waals surface area (Å²) in [7, 11) is 0. The van der Waals surface area contributed by atoms with Gasteiger partial charge in [0.1, 0.15) is 0 Å². The number of hydrogen-bond acceptors (Lipinski definition) is 5. The van der Waals surface area contributed by atoms with Gasteiger partial charge in [-0.2, -0.15) is 0 Å². The molecule has 0 aliphatic heterocycles. The van der Waals surface area contributed by atoms with Crippen LogP contribution in [0.3, 0.4) is 0 Å². The van der Waals surface area contributed by atoms with E-state index in [4.69, 9.17) is 9.47 Å². The molecule has 0 spiro atoms. The van der Waals surface area contributed by atoms with Gasteiger partial charge in [0.25, 0.3) is 0 Å². The van der Waals surface area contributed by atoms with Crippen molar-refractivity contribution in [2.24, 2.45) is 34.5 Å². The molecule has 0 fully saturated rings. The number of aliphatic hydroxyl groups is 1. The van der Waals surface area contributed by atoms with E-state index in [0.717, 1.165) is 88.9 Å². The van der Waals surface area contributed by atoms with Gasteiger partial charge in [0.15, 0.2) is 0 Å². The Morgan fingerprint density at radius 1 is 0.500 bits per heavy atom. The lowest BCUT2D eigenvalue weighted by atomic mass is 9.86. The van der Waals surface area contributed by atoms with Crippen LogP contribution < -0.4 is 0 Å². The van der Waals surface area contributed by atoms with E-state index in [9.17, 15) is 14.7 Å². The zero-order valence-corrected chi connectivity index (χ0v) is 31.1. The van der Waals surface area contributed by atoms with Crippen molar-refractivity contribution in [3.05, 3.63) is 0 Å². The number of rotatable bonds is 28. The van der Waals surface area contributed by atoms with E-state index in [0.29, 0.717) is 25.0 Å². The second-order valence-electron chi connectivity index (χ2n) is 16.3. The molecule has 0 aromatic carbocycles. The Morgan fingerprint density at radius 2 is 0.864 bits per heavy atom. The van der Waals surface area contributed by atoms with Gasteiger partial charge in [-0.1, -0.05) is 119 Å². The van der Waals surface area contributed by atoms with Crippen molar-refractivity contribution in [2.75, 3.05) is 13.2 Å². The fourth-order valence-corrected chi connectivity index (χ4v) is 5.73. The van der Waals surface area contributed by atoms with Gasteiger partial charge in [-0.05, 0) is 89.9 Å². The lowest BCUT2D eigenvalue weighted by Crippen LogP contribution is -2.27. The summed E-state index contributed by atoms with van der Waals surface area (Å²) >= 11 is 0. The minimum atomic E-state index is -0.453. The maximum Gasteiger partial charge on any atom is 0.311 e. The van der Waals surface area contributed by atoms with Crippen molar-refractivity contribution < 1.29 is 24.2 Å². The second-order valence-corrected chi connectivity index (χ2v) is 16.3. The molecular formula is C39H76O5. The molecule has 1 N–H and O–H groups in total. The lowest BCUT2D eigenvalue weighted by Gasteiger charge is -2.23. The molecule has 44 heavy (non-hydrogen) atoms. The Labute approximate surface area is 274 Å². The number of carbonyl (C=O) groups is 2. The molecule has 0 heterocycles. The number of aliphatic hydroxyl groups excluding tert-OH is 1. The zero-order valence-electron chi connectivity index (χ0n) is 31.1. The van der Waals surface area contributed by atoms with Gasteiger partial charge in [0.2, 0.25) is 0 Å². The molecule has 2 atom stereocenters. The van der Waals surface area contributed by atoms with E-state index >= 15 is 0 Å². The summed E-state index contributed by atoms with van der Waals surface area (Å²) in [6, 6.07) is 0. The van der Waals surface area contributed by atoms with Crippen molar-refractivity contribution in [1.82, 2.24) is 0 Å². The van der Waals surface area contributed by atoms with Gasteiger partial charge in [-0.15, -0.1) is 0 Å². The van der Waals surface area contributed by atoms with E-state index in [-0.39, 0.29) is 18.0 Å². The van der Waals surface area contributed by atoms with Gasteiger partial charge < -0.3 is 14.6 Å². The molecule has 2 unspecified atom stereocenters. The number of hydrogen-bond donors (Lipinski definition) is 1. The first kappa shape index (κ1) is 42.9. The Morgan fingerprint density at radius 3 is 1.20 bits per heavy atom. The molecule has 262 valence electrons. The average Bonchev–Trinajstić information content (AvgIpc) is 2.91. The number of carbonyl (C=O) groups excluding carboxylic acids is 2. The van der Waals surface area contributed by atoms with E-state index in [1.807, 2.05) is 27.7 Å². The molecule has 5 heteroatoms. The van der Waals surface area contributed by atoms with Crippen LogP contribution >= 0.6 is 0 Å². The first-order valence-corrected chi connectivity index (χ1v) is 18.6. The van der Waals surface area contributed by atoms with Gasteiger partial charge in [-0.3, -0.25) is 9.59 Å². The van der Waals surface area contributed by atoms with Crippen LogP contribution in [0.25, 0.3) is 0 Å². The van der Waals surface area contributed by atoms with Crippen LogP contribution in [0.2, 0.25) is 0 Å². The van der Waals surface area contributed by atoms with Crippen LogP contribution in [0.4, 0.5) is 0 Å². The van der Waals surface area contributed by atoms with E-state index in [1.165, 1.54) is 38.5 Å². The highest BCUT2D eigenvalue weighted by Gasteiger charge is 2.29. The second kappa shape index (κ2) is 24.1. The summed E-state index contributed by atoms with van der Waals surface area (Å²) in [5.41, 5.74) is -0.906. The molecule has 0 saturated carbocycles. The quantitative estimate of drug-likeness (QED) is 0.0692. The van der Waals surface area contributed by atoms with Crippen molar-refractivity contribution in [3.63, 3.8) is 0 Å². The average molecular weight is 625 g/mol. The van der Waals surface area contributed by atoms with Gasteiger partial charge in [-0.25, -0.2) is 0 Å². The third-order valence-corrected chi connectivity index (χ3v) is 9.43. The van der Waals surface area contributed by atoms with Crippen LogP contribution in [0.5, 0.6) is 0 Å². The van der Waals surface area contributed by atoms with Crippen molar-refractivity contribution >= 4 is 11.9 Å². The SMILES string of the molecule is CC(C)CCCC(C)CCOC(=O)C(C)(C)CCCCCC(O)CCCCCC(C)(C)C(=O)OCCC(C)CCCC(C)C. The maximum atomic E-state index is 12.6. The lowest BCUT2D eigenvalue weighted by molar-refractivity contribution is -0.155. The first-order valence-electron chi connectivity index (χ1n) is 18.6. The molecule has 0 aliphatic rings. The van der Waals surface area contributed by atoms with Gasteiger partial charge in [0.05, 0.1) is 30.1 Å². The summed E-state index contributed by atoms with van der Waals surface area (Å²) in [5.74, 6) is 2.55. The zero-order chi connectivity index (χ0) is 33.6. The van der Waals surface area contributed by atoms with Crippen LogP contribution in [0.1, 0.15) is 185 Å². The van der Waals surface area contributed by atoms with E-state index in [2.05, 4.69) is 41.5 Å². The molecule has 0 radical (unpaired) electrons. The number of unbranched alkanes of at least 4 members (excludes halogenated alkanes) is 4. The van der Waals surface area contributed by atoms with Crippen molar-refractivity contribution in [1.29, 1.82) is 0 Å². The third-order valence-electron chi connectivity index (χ3n) is 9.43. The summed E-state index contributed by atoms with van der Waals surface area (Å²) < 4.78 is 11.3. The minimum Gasteiger partial charge on any atom is -0.465 e. The van der Waals surface area contributed by atoms with Gasteiger partial charge >= 0.3 is 11.9 Å². The molecule has 0 saturated heterocycles. The summed E-state index contributed by atoms with van der Waals surface area (Å²) in [5, 5.41) is 10.4. The molecule has 5 nitrogen and oxygen atoms in total. The largest absolute Gasteiger partial charge is 0.465 e. The molecule has 0 aromatic rings. The molecule has 0 aromatic heterocycles. The standard InChI is InChI=1S/C39H76O5/c1-31(2)19-17-21-33(5)25-29-43-36(41)38(7,8)27-15-11-13-23-35(40)24-14-12-16-28-39(9,10)37(42)44-30-26-34(6)22-18-20-32(3)4/h31-35,40H,11-30H2,1-10H3. The van der Waals surface area contributed by atoms with Crippen molar-refractivity contribution in [2.45, 2.75) is 191 Å². The highest BCUT2D eigenvalue weighted by Crippen LogP contribution is 2.28. The Hall–Kier alpha value is -1.10. The molecular weight excluding hydrogens is 548 g/mol. The smallest absolute Gasteiger partial charge is 0.311 e. The van der Waals surface area contributed by atoms with Crippen molar-refractivity contribution in [3.8, 4) is 0 Å². The predicted octanol–water partition coefficient (Wildman–Crippen LogP) is 11.1. The first-order chi connectivity index (χ1) is 20.6. The highest BCUT2D eigenvalue weighted by molar-refractivity contribution is 5.76. The van der Waals surface area contributed by atoms with E-state index < -0.39 is 10.8 Å². The number of ether oxygens (including phenoxy) is 2. The predicted molar refractivity (Wildman–Crippen MR) is 187 cm³/mol. The van der Waals surface area contributed by atoms with Crippen LogP contribution in [-0.4, -0.2) is 36.4 Å². The summed E-state index contributed by atoms with van der Waals surface area (Å²) in [6.07, 6.45) is 18.3. The minimum absolute atomic E-state index is 0.0783. The van der Waals surface area contributed by atoms with Crippen LogP contribution in [0.15, 0.2) is 0 Å². The fourth-order valence-electron chi connectivity index (χ4n) is 5.73. The third kappa shape index (κ3) is 23.3. The van der Waals surface area contributed by atoms with Crippen LogP contribution in [-0.2, 0) is 19.1 Å². The monoisotopic (exact) mass is 625 g/mol. The molecule has 0 rings (SSSR count). The maximum absolute atomic E-state index is 12.6. The summed E-state index contributed by atoms with van der Waals surface area (Å²) in [6.45, 7) is 22.6. The molecule has 0 aliphatic carbocycles. The Kier molecular flexibility index (Phi) is 23.5. The van der Waals surface area contributed by atoms with Gasteiger partial charge in [0, 0.05) is 0 Å². The van der Waals surface area contributed by atoms with Crippen LogP contribution in [0, 0.1) is 34.5 Å². The Bertz CT molecular complexity index is 666. The number of esters is 2. The normalized spacial score (nSPS) is 14.6. The fraction of sp³-hybridized carbons (Fsp3) is 0.949. The summed E-state index contributed by atoms with van der Waals surface area (Å²) in [4.78, 5) is 25.2. The molecule has 0 bridgehead atoms.